The largest absolute Gasteiger partial charge is 0.512 e. The van der Waals surface area contributed by atoms with Crippen molar-refractivity contribution in [1.29, 1.82) is 0 Å². The minimum Gasteiger partial charge on any atom is -0.512 e. The fourth-order valence-electron chi connectivity index (χ4n) is 4.99. The SMILES string of the molecule is CC1(c2ccccc2)CC(O)=C(C(CC(=O)c2ccc(-c3ccc(Br)cc3)cc2)c2ccccc2)C(=O)O1. The fourth-order valence-corrected chi connectivity index (χ4v) is 5.25. The Kier molecular flexibility index (Phi) is 7.30. The van der Waals surface area contributed by atoms with Gasteiger partial charge < -0.3 is 9.84 Å². The molecule has 1 aliphatic heterocycles. The molecule has 4 aromatic carbocycles. The van der Waals surface area contributed by atoms with E-state index >= 15 is 0 Å². The van der Waals surface area contributed by atoms with E-state index in [1.54, 1.807) is 6.92 Å². The van der Waals surface area contributed by atoms with E-state index in [0.717, 1.165) is 26.7 Å². The van der Waals surface area contributed by atoms with Crippen molar-refractivity contribution in [3.63, 3.8) is 0 Å². The number of halogens is 1. The number of carbonyl (C=O) groups is 2. The van der Waals surface area contributed by atoms with E-state index in [1.165, 1.54) is 0 Å². The highest BCUT2D eigenvalue weighted by atomic mass is 79.9. The number of Topliss-reactive ketones (excluding diaryl/α,β-unsaturated/α-hetero) is 1. The number of carbonyl (C=O) groups excluding carboxylic acids is 2. The van der Waals surface area contributed by atoms with E-state index in [2.05, 4.69) is 15.9 Å². The van der Waals surface area contributed by atoms with Crippen LogP contribution in [0.25, 0.3) is 11.1 Å². The second-order valence-electron chi connectivity index (χ2n) is 9.70. The first-order valence-corrected chi connectivity index (χ1v) is 13.3. The predicted octanol–water partition coefficient (Wildman–Crippen LogP) is 8.15. The van der Waals surface area contributed by atoms with Gasteiger partial charge in [0, 0.05) is 28.8 Å². The van der Waals surface area contributed by atoms with Gasteiger partial charge in [-0.15, -0.1) is 0 Å². The molecule has 5 heteroatoms. The van der Waals surface area contributed by atoms with Crippen LogP contribution in [0.3, 0.4) is 0 Å². The molecule has 0 radical (unpaired) electrons. The number of benzene rings is 4. The topological polar surface area (TPSA) is 63.6 Å². The third-order valence-corrected chi connectivity index (χ3v) is 7.59. The lowest BCUT2D eigenvalue weighted by atomic mass is 9.80. The van der Waals surface area contributed by atoms with Crippen LogP contribution in [0.1, 0.15) is 47.2 Å². The van der Waals surface area contributed by atoms with Gasteiger partial charge in [-0.2, -0.15) is 0 Å². The normalized spacial score (nSPS) is 18.1. The van der Waals surface area contributed by atoms with E-state index in [-0.39, 0.29) is 30.0 Å². The Morgan fingerprint density at radius 1 is 0.868 bits per heavy atom. The lowest BCUT2D eigenvalue weighted by Crippen LogP contribution is -2.37. The maximum atomic E-state index is 13.5. The molecule has 1 heterocycles. The van der Waals surface area contributed by atoms with Crippen molar-refractivity contribution in [3.8, 4) is 11.1 Å². The molecular formula is C33H27BrO4. The molecule has 38 heavy (non-hydrogen) atoms. The van der Waals surface area contributed by atoms with E-state index in [0.29, 0.717) is 5.56 Å². The Hall–Kier alpha value is -3.96. The summed E-state index contributed by atoms with van der Waals surface area (Å²) >= 11 is 3.45. The van der Waals surface area contributed by atoms with E-state index in [9.17, 15) is 14.7 Å². The lowest BCUT2D eigenvalue weighted by molar-refractivity contribution is -0.158. The van der Waals surface area contributed by atoms with Gasteiger partial charge in [0.2, 0.25) is 0 Å². The number of cyclic esters (lactones) is 1. The van der Waals surface area contributed by atoms with Crippen LogP contribution in [0.2, 0.25) is 0 Å². The first kappa shape index (κ1) is 25.7. The average Bonchev–Trinajstić information content (AvgIpc) is 2.93. The third-order valence-electron chi connectivity index (χ3n) is 7.06. The summed E-state index contributed by atoms with van der Waals surface area (Å²) in [5.74, 6) is -1.40. The zero-order chi connectivity index (χ0) is 26.7. The summed E-state index contributed by atoms with van der Waals surface area (Å²) in [4.78, 5) is 26.9. The summed E-state index contributed by atoms with van der Waals surface area (Å²) in [7, 11) is 0. The first-order chi connectivity index (χ1) is 18.3. The summed E-state index contributed by atoms with van der Waals surface area (Å²) in [6, 6.07) is 34.2. The Bertz CT molecular complexity index is 1480. The van der Waals surface area contributed by atoms with Gasteiger partial charge in [0.25, 0.3) is 0 Å². The summed E-state index contributed by atoms with van der Waals surface area (Å²) in [5, 5.41) is 11.2. The van der Waals surface area contributed by atoms with Gasteiger partial charge in [-0.3, -0.25) is 4.79 Å². The molecule has 2 unspecified atom stereocenters. The molecule has 0 spiro atoms. The van der Waals surface area contributed by atoms with Crippen molar-refractivity contribution in [2.24, 2.45) is 0 Å². The average molecular weight is 567 g/mol. The van der Waals surface area contributed by atoms with E-state index in [4.69, 9.17) is 4.74 Å². The molecule has 4 aromatic rings. The molecule has 1 aliphatic rings. The zero-order valence-corrected chi connectivity index (χ0v) is 22.5. The highest BCUT2D eigenvalue weighted by Crippen LogP contribution is 2.42. The molecular weight excluding hydrogens is 540 g/mol. The van der Waals surface area contributed by atoms with E-state index < -0.39 is 17.5 Å². The Morgan fingerprint density at radius 2 is 1.42 bits per heavy atom. The first-order valence-electron chi connectivity index (χ1n) is 12.5. The quantitative estimate of drug-likeness (QED) is 0.181. The molecule has 0 amide bonds. The van der Waals surface area contributed by atoms with Crippen molar-refractivity contribution in [3.05, 3.63) is 142 Å². The predicted molar refractivity (Wildman–Crippen MR) is 152 cm³/mol. The van der Waals surface area contributed by atoms with Crippen molar-refractivity contribution in [1.82, 2.24) is 0 Å². The van der Waals surface area contributed by atoms with Crippen LogP contribution in [0.15, 0.2) is 125 Å². The number of ketones is 1. The second kappa shape index (κ2) is 10.8. The maximum absolute atomic E-state index is 13.5. The minimum absolute atomic E-state index is 0.0260. The molecule has 0 saturated heterocycles. The van der Waals surface area contributed by atoms with Crippen molar-refractivity contribution < 1.29 is 19.4 Å². The van der Waals surface area contributed by atoms with Gasteiger partial charge >= 0.3 is 5.97 Å². The molecule has 0 bridgehead atoms. The third kappa shape index (κ3) is 5.34. The van der Waals surface area contributed by atoms with Crippen LogP contribution in [0.4, 0.5) is 0 Å². The molecule has 0 fully saturated rings. The molecule has 5 rings (SSSR count). The Labute approximate surface area is 230 Å². The van der Waals surface area contributed by atoms with Gasteiger partial charge in [-0.05, 0) is 41.3 Å². The zero-order valence-electron chi connectivity index (χ0n) is 20.9. The van der Waals surface area contributed by atoms with Gasteiger partial charge in [0.15, 0.2) is 5.78 Å². The van der Waals surface area contributed by atoms with Gasteiger partial charge in [0.05, 0.1) is 5.57 Å². The van der Waals surface area contributed by atoms with Gasteiger partial charge in [0.1, 0.15) is 11.4 Å². The summed E-state index contributed by atoms with van der Waals surface area (Å²) in [6.45, 7) is 1.79. The number of esters is 1. The van der Waals surface area contributed by atoms with Crippen molar-refractivity contribution >= 4 is 27.7 Å². The number of hydrogen-bond acceptors (Lipinski definition) is 4. The summed E-state index contributed by atoms with van der Waals surface area (Å²) in [5.41, 5.74) is 3.34. The number of rotatable bonds is 7. The highest BCUT2D eigenvalue weighted by molar-refractivity contribution is 9.10. The van der Waals surface area contributed by atoms with Crippen LogP contribution in [0.5, 0.6) is 0 Å². The molecule has 0 saturated carbocycles. The highest BCUT2D eigenvalue weighted by Gasteiger charge is 2.42. The van der Waals surface area contributed by atoms with E-state index in [1.807, 2.05) is 109 Å². The summed E-state index contributed by atoms with van der Waals surface area (Å²) < 4.78 is 6.94. The summed E-state index contributed by atoms with van der Waals surface area (Å²) in [6.07, 6.45) is 0.162. The number of ether oxygens (including phenoxy) is 1. The monoisotopic (exact) mass is 566 g/mol. The molecule has 0 aliphatic carbocycles. The lowest BCUT2D eigenvalue weighted by Gasteiger charge is -2.36. The second-order valence-corrected chi connectivity index (χ2v) is 10.6. The molecule has 190 valence electrons. The standard InChI is InChI=1S/C33H27BrO4/c1-33(26-10-6-3-7-11-26)21-30(36)31(32(37)38-33)28(24-8-4-2-5-9-24)20-29(35)25-14-12-22(13-15-25)23-16-18-27(34)19-17-23/h2-19,28,36H,20-21H2,1H3. The number of aliphatic hydroxyl groups is 1. The fraction of sp³-hybridized carbons (Fsp3) is 0.152. The number of aliphatic hydroxyl groups excluding tert-OH is 1. The molecule has 4 nitrogen and oxygen atoms in total. The molecule has 1 N–H and O–H groups in total. The van der Waals surface area contributed by atoms with Crippen molar-refractivity contribution in [2.45, 2.75) is 31.3 Å². The van der Waals surface area contributed by atoms with Crippen molar-refractivity contribution in [2.75, 3.05) is 0 Å². The Balaban J connectivity index is 1.44. The van der Waals surface area contributed by atoms with Crippen LogP contribution < -0.4 is 0 Å². The van der Waals surface area contributed by atoms with Gasteiger partial charge in [-0.1, -0.05) is 113 Å². The van der Waals surface area contributed by atoms with Gasteiger partial charge in [-0.25, -0.2) is 4.79 Å². The number of hydrogen-bond donors (Lipinski definition) is 1. The smallest absolute Gasteiger partial charge is 0.338 e. The molecule has 0 aromatic heterocycles. The van der Waals surface area contributed by atoms with Crippen LogP contribution in [0, 0.1) is 0 Å². The molecule has 2 atom stereocenters. The maximum Gasteiger partial charge on any atom is 0.338 e. The van der Waals surface area contributed by atoms with Crippen LogP contribution in [-0.4, -0.2) is 16.9 Å². The van der Waals surface area contributed by atoms with Crippen LogP contribution in [-0.2, 0) is 15.1 Å². The Morgan fingerprint density at radius 3 is 2.00 bits per heavy atom. The van der Waals surface area contributed by atoms with Crippen LogP contribution >= 0.6 is 15.9 Å². The minimum atomic E-state index is -0.986.